The summed E-state index contributed by atoms with van der Waals surface area (Å²) in [6, 6.07) is 6.27. The van der Waals surface area contributed by atoms with Gasteiger partial charge in [0.2, 0.25) is 0 Å². The summed E-state index contributed by atoms with van der Waals surface area (Å²) >= 11 is 0. The maximum Gasteiger partial charge on any atom is 0.145 e. The molecule has 0 aromatic heterocycles. The fourth-order valence-corrected chi connectivity index (χ4v) is 2.28. The van der Waals surface area contributed by atoms with Crippen LogP contribution in [0, 0.1) is 6.92 Å². The Morgan fingerprint density at radius 2 is 2.06 bits per heavy atom. The van der Waals surface area contributed by atoms with E-state index in [1.54, 1.807) is 0 Å². The van der Waals surface area contributed by atoms with E-state index in [4.69, 9.17) is 4.74 Å². The molecule has 0 radical (unpaired) electrons. The molecule has 0 fully saturated rings. The number of benzene rings is 1. The number of fused-ring (bicyclic) bond motifs is 2. The van der Waals surface area contributed by atoms with Crippen molar-refractivity contribution in [1.82, 2.24) is 0 Å². The highest BCUT2D eigenvalue weighted by molar-refractivity contribution is 5.69. The van der Waals surface area contributed by atoms with E-state index in [0.717, 1.165) is 5.75 Å². The minimum atomic E-state index is 0.110. The Labute approximate surface area is 95.7 Å². The first kappa shape index (κ1) is 9.46. The number of aryl methyl sites for hydroxylation is 1. The van der Waals surface area contributed by atoms with E-state index in [0.29, 0.717) is 0 Å². The quantitative estimate of drug-likeness (QED) is 0.635. The van der Waals surface area contributed by atoms with Crippen molar-refractivity contribution in [2.24, 2.45) is 0 Å². The van der Waals surface area contributed by atoms with Gasteiger partial charge in [-0.05, 0) is 36.6 Å². The van der Waals surface area contributed by atoms with Crippen LogP contribution in [0.15, 0.2) is 47.6 Å². The number of hydrogen-bond acceptors (Lipinski definition) is 1. The summed E-state index contributed by atoms with van der Waals surface area (Å²) in [4.78, 5) is 0. The first-order valence-corrected chi connectivity index (χ1v) is 5.58. The maximum absolute atomic E-state index is 6.09. The summed E-state index contributed by atoms with van der Waals surface area (Å²) < 4.78 is 6.09. The van der Waals surface area contributed by atoms with Gasteiger partial charge in [0, 0.05) is 5.56 Å². The minimum Gasteiger partial charge on any atom is -0.480 e. The lowest BCUT2D eigenvalue weighted by Crippen LogP contribution is -2.24. The van der Waals surface area contributed by atoms with Crippen molar-refractivity contribution in [3.63, 3.8) is 0 Å². The van der Waals surface area contributed by atoms with E-state index in [2.05, 4.69) is 56.4 Å². The van der Waals surface area contributed by atoms with Crippen LogP contribution in [0.25, 0.3) is 6.08 Å². The summed E-state index contributed by atoms with van der Waals surface area (Å²) in [7, 11) is 0. The monoisotopic (exact) mass is 210 g/mol. The fraction of sp³-hybridized carbons (Fsp3) is 0.200. The van der Waals surface area contributed by atoms with Gasteiger partial charge in [-0.1, -0.05) is 36.4 Å². The van der Waals surface area contributed by atoms with E-state index < -0.39 is 0 Å². The second-order valence-corrected chi connectivity index (χ2v) is 4.41. The lowest BCUT2D eigenvalue weighted by Gasteiger charge is -2.29. The van der Waals surface area contributed by atoms with Gasteiger partial charge in [0.05, 0.1) is 0 Å². The molecular formula is C15H14O. The molecule has 0 saturated heterocycles. The molecule has 1 aromatic carbocycles. The van der Waals surface area contributed by atoms with Crippen molar-refractivity contribution >= 4 is 6.08 Å². The normalized spacial score (nSPS) is 21.5. The van der Waals surface area contributed by atoms with E-state index in [1.807, 2.05) is 0 Å². The largest absolute Gasteiger partial charge is 0.480 e. The second kappa shape index (κ2) is 3.38. The summed E-state index contributed by atoms with van der Waals surface area (Å²) in [5.74, 6) is 1.03. The van der Waals surface area contributed by atoms with E-state index in [-0.39, 0.29) is 6.10 Å². The standard InChI is InChI=1S/C15H14O/c1-10-5-3-7-12-9-13-8-4-6-11(2)15(13)16-14(10)12/h3-9,14H,1-2H3. The van der Waals surface area contributed by atoms with Gasteiger partial charge in [-0.25, -0.2) is 0 Å². The van der Waals surface area contributed by atoms with Gasteiger partial charge in [-0.15, -0.1) is 0 Å². The van der Waals surface area contributed by atoms with Crippen LogP contribution in [0.4, 0.5) is 0 Å². The van der Waals surface area contributed by atoms with Crippen molar-refractivity contribution in [2.75, 3.05) is 0 Å². The predicted octanol–water partition coefficient (Wildman–Crippen LogP) is 3.66. The molecular weight excluding hydrogens is 196 g/mol. The third-order valence-electron chi connectivity index (χ3n) is 3.16. The topological polar surface area (TPSA) is 9.23 Å². The molecule has 0 spiro atoms. The fourth-order valence-electron chi connectivity index (χ4n) is 2.28. The molecule has 0 N–H and O–H groups in total. The Bertz CT molecular complexity index is 532. The van der Waals surface area contributed by atoms with Crippen molar-refractivity contribution in [1.29, 1.82) is 0 Å². The van der Waals surface area contributed by atoms with Crippen molar-refractivity contribution < 1.29 is 4.74 Å². The highest BCUT2D eigenvalue weighted by atomic mass is 16.5. The van der Waals surface area contributed by atoms with Gasteiger partial charge in [0.1, 0.15) is 11.9 Å². The van der Waals surface area contributed by atoms with Gasteiger partial charge in [0.25, 0.3) is 0 Å². The van der Waals surface area contributed by atoms with Crippen LogP contribution in [0.2, 0.25) is 0 Å². The molecule has 1 nitrogen and oxygen atoms in total. The molecule has 3 rings (SSSR count). The second-order valence-electron chi connectivity index (χ2n) is 4.41. The van der Waals surface area contributed by atoms with Crippen LogP contribution in [0.5, 0.6) is 5.75 Å². The third-order valence-corrected chi connectivity index (χ3v) is 3.16. The summed E-state index contributed by atoms with van der Waals surface area (Å²) in [5.41, 5.74) is 4.90. The van der Waals surface area contributed by atoms with Crippen LogP contribution in [-0.4, -0.2) is 6.10 Å². The Morgan fingerprint density at radius 1 is 1.19 bits per heavy atom. The van der Waals surface area contributed by atoms with Gasteiger partial charge in [-0.3, -0.25) is 0 Å². The van der Waals surface area contributed by atoms with Crippen LogP contribution in [0.1, 0.15) is 18.1 Å². The molecule has 16 heavy (non-hydrogen) atoms. The first-order chi connectivity index (χ1) is 7.75. The van der Waals surface area contributed by atoms with Crippen LogP contribution >= 0.6 is 0 Å². The summed E-state index contributed by atoms with van der Waals surface area (Å²) in [6.07, 6.45) is 8.66. The SMILES string of the molecule is CC1=CC=CC2=Cc3cccc(C)c3OC12. The van der Waals surface area contributed by atoms with Gasteiger partial charge < -0.3 is 4.74 Å². The van der Waals surface area contributed by atoms with Crippen LogP contribution < -0.4 is 4.74 Å². The summed E-state index contributed by atoms with van der Waals surface area (Å²) in [6.45, 7) is 4.21. The molecule has 1 aliphatic heterocycles. The smallest absolute Gasteiger partial charge is 0.145 e. The first-order valence-electron chi connectivity index (χ1n) is 5.58. The van der Waals surface area contributed by atoms with Gasteiger partial charge >= 0.3 is 0 Å². The molecule has 0 amide bonds. The Hall–Kier alpha value is -1.76. The number of hydrogen-bond donors (Lipinski definition) is 0. The Balaban J connectivity index is 2.16. The molecule has 2 aliphatic rings. The lowest BCUT2D eigenvalue weighted by atomic mass is 9.92. The Kier molecular flexibility index (Phi) is 2.00. The molecule has 1 unspecified atom stereocenters. The third kappa shape index (κ3) is 1.32. The molecule has 0 saturated carbocycles. The maximum atomic E-state index is 6.09. The zero-order valence-electron chi connectivity index (χ0n) is 9.53. The molecule has 1 aromatic rings. The van der Waals surface area contributed by atoms with Gasteiger partial charge in [0.15, 0.2) is 0 Å². The average Bonchev–Trinajstić information content (AvgIpc) is 2.28. The molecule has 1 heteroatoms. The van der Waals surface area contributed by atoms with Crippen molar-refractivity contribution in [2.45, 2.75) is 20.0 Å². The van der Waals surface area contributed by atoms with Gasteiger partial charge in [-0.2, -0.15) is 0 Å². The lowest BCUT2D eigenvalue weighted by molar-refractivity contribution is 0.269. The highest BCUT2D eigenvalue weighted by Gasteiger charge is 2.24. The summed E-state index contributed by atoms with van der Waals surface area (Å²) in [5, 5.41) is 0. The van der Waals surface area contributed by atoms with E-state index >= 15 is 0 Å². The number of ether oxygens (including phenoxy) is 1. The zero-order valence-corrected chi connectivity index (χ0v) is 9.53. The Morgan fingerprint density at radius 3 is 2.94 bits per heavy atom. The number of rotatable bonds is 0. The van der Waals surface area contributed by atoms with E-state index in [9.17, 15) is 0 Å². The predicted molar refractivity (Wildman–Crippen MR) is 66.5 cm³/mol. The number of para-hydroxylation sites is 1. The van der Waals surface area contributed by atoms with E-state index in [1.165, 1.54) is 22.3 Å². The average molecular weight is 210 g/mol. The molecule has 1 aliphatic carbocycles. The molecule has 1 atom stereocenters. The molecule has 0 bridgehead atoms. The molecule has 1 heterocycles. The number of allylic oxidation sites excluding steroid dienone is 2. The highest BCUT2D eigenvalue weighted by Crippen LogP contribution is 2.36. The minimum absolute atomic E-state index is 0.110. The zero-order chi connectivity index (χ0) is 11.1. The van der Waals surface area contributed by atoms with Crippen LogP contribution in [-0.2, 0) is 0 Å². The van der Waals surface area contributed by atoms with Crippen molar-refractivity contribution in [3.05, 3.63) is 58.7 Å². The molecule has 80 valence electrons. The van der Waals surface area contributed by atoms with Crippen molar-refractivity contribution in [3.8, 4) is 5.75 Å². The van der Waals surface area contributed by atoms with Crippen LogP contribution in [0.3, 0.4) is 0 Å².